The Balaban J connectivity index is 1.69. The van der Waals surface area contributed by atoms with Crippen LogP contribution in [0.1, 0.15) is 18.4 Å². The molecule has 5 nitrogen and oxygen atoms in total. The van der Waals surface area contributed by atoms with E-state index in [1.54, 1.807) is 16.7 Å². The number of aromatic nitrogens is 2. The number of benzene rings is 2. The number of rotatable bonds is 6. The normalized spacial score (nSPS) is 13.7. The molecule has 4 rings (SSSR count). The molecule has 0 unspecified atom stereocenters. The maximum atomic E-state index is 13.1. The fraction of sp³-hybridized carbons (Fsp3) is 0.250. The van der Waals surface area contributed by atoms with Gasteiger partial charge in [0.25, 0.3) is 5.56 Å². The highest BCUT2D eigenvalue weighted by Gasteiger charge is 2.23. The van der Waals surface area contributed by atoms with Crippen LogP contribution in [0.15, 0.2) is 58.5 Å². The zero-order valence-corrected chi connectivity index (χ0v) is 16.1. The smallest absolute Gasteiger partial charge is 0.262 e. The summed E-state index contributed by atoms with van der Waals surface area (Å²) in [4.78, 5) is 29.8. The summed E-state index contributed by atoms with van der Waals surface area (Å²) in [7, 11) is 0. The summed E-state index contributed by atoms with van der Waals surface area (Å²) in [5.74, 6) is 0.193. The number of amides is 1. The van der Waals surface area contributed by atoms with Crippen molar-refractivity contribution < 1.29 is 4.79 Å². The van der Waals surface area contributed by atoms with E-state index < -0.39 is 0 Å². The summed E-state index contributed by atoms with van der Waals surface area (Å²) in [6.07, 6.45) is 2.09. The van der Waals surface area contributed by atoms with Gasteiger partial charge in [0.2, 0.25) is 5.91 Å². The summed E-state index contributed by atoms with van der Waals surface area (Å²) in [5.41, 5.74) is 1.33. The number of hydrogen-bond acceptors (Lipinski definition) is 4. The molecule has 0 aliphatic heterocycles. The summed E-state index contributed by atoms with van der Waals surface area (Å²) >= 11 is 7.56. The van der Waals surface area contributed by atoms with Crippen molar-refractivity contribution in [3.63, 3.8) is 0 Å². The summed E-state index contributed by atoms with van der Waals surface area (Å²) in [6.45, 7) is 0.308. The van der Waals surface area contributed by atoms with Gasteiger partial charge in [0.05, 0.1) is 23.2 Å². The van der Waals surface area contributed by atoms with Crippen LogP contribution in [0.2, 0.25) is 5.02 Å². The van der Waals surface area contributed by atoms with Crippen LogP contribution in [0.4, 0.5) is 0 Å². The van der Waals surface area contributed by atoms with Crippen molar-refractivity contribution in [1.82, 2.24) is 14.9 Å². The van der Waals surface area contributed by atoms with Crippen LogP contribution in [-0.2, 0) is 11.3 Å². The molecule has 1 aliphatic rings. The number of thioether (sulfide) groups is 1. The van der Waals surface area contributed by atoms with Gasteiger partial charge in [-0.3, -0.25) is 14.2 Å². The van der Waals surface area contributed by atoms with E-state index in [9.17, 15) is 9.59 Å². The first kappa shape index (κ1) is 18.1. The van der Waals surface area contributed by atoms with Gasteiger partial charge < -0.3 is 5.32 Å². The predicted molar refractivity (Wildman–Crippen MR) is 108 cm³/mol. The van der Waals surface area contributed by atoms with Crippen molar-refractivity contribution in [2.45, 2.75) is 30.6 Å². The van der Waals surface area contributed by atoms with Crippen molar-refractivity contribution in [2.75, 3.05) is 5.75 Å². The Morgan fingerprint density at radius 1 is 1.19 bits per heavy atom. The van der Waals surface area contributed by atoms with Crippen molar-refractivity contribution in [2.24, 2.45) is 0 Å². The standard InChI is InChI=1S/C20H18ClN3O2S/c21-16-7-3-1-5-13(16)11-24-19(26)15-6-2-4-8-17(15)23-20(24)27-12-18(25)22-14-9-10-14/h1-8,14H,9-12H2,(H,22,25). The van der Waals surface area contributed by atoms with Crippen molar-refractivity contribution in [3.8, 4) is 0 Å². The van der Waals surface area contributed by atoms with Gasteiger partial charge in [-0.25, -0.2) is 4.98 Å². The summed E-state index contributed by atoms with van der Waals surface area (Å²) < 4.78 is 1.60. The lowest BCUT2D eigenvalue weighted by Gasteiger charge is -2.14. The molecule has 3 aromatic rings. The molecular formula is C20H18ClN3O2S. The number of halogens is 1. The monoisotopic (exact) mass is 399 g/mol. The fourth-order valence-corrected chi connectivity index (χ4v) is 3.83. The zero-order chi connectivity index (χ0) is 18.8. The minimum absolute atomic E-state index is 0.0331. The molecule has 1 aliphatic carbocycles. The number of para-hydroxylation sites is 1. The molecular weight excluding hydrogens is 382 g/mol. The Kier molecular flexibility index (Phi) is 5.18. The van der Waals surface area contributed by atoms with Crippen LogP contribution in [0.3, 0.4) is 0 Å². The Hall–Kier alpha value is -2.31. The number of fused-ring (bicyclic) bond motifs is 1. The molecule has 0 spiro atoms. The molecule has 7 heteroatoms. The number of hydrogen-bond donors (Lipinski definition) is 1. The van der Waals surface area contributed by atoms with Gasteiger partial charge >= 0.3 is 0 Å². The molecule has 1 saturated carbocycles. The Labute approximate surface area is 165 Å². The number of nitrogens with one attached hydrogen (secondary N) is 1. The minimum atomic E-state index is -0.134. The summed E-state index contributed by atoms with van der Waals surface area (Å²) in [5, 5.41) is 4.63. The molecule has 1 amide bonds. The highest BCUT2D eigenvalue weighted by molar-refractivity contribution is 7.99. The van der Waals surface area contributed by atoms with Crippen LogP contribution in [0, 0.1) is 0 Å². The van der Waals surface area contributed by atoms with Gasteiger partial charge in [0, 0.05) is 11.1 Å². The lowest BCUT2D eigenvalue weighted by atomic mass is 10.2. The molecule has 1 heterocycles. The number of carbonyl (C=O) groups is 1. The molecule has 1 N–H and O–H groups in total. The quantitative estimate of drug-likeness (QED) is 0.509. The molecule has 1 aromatic heterocycles. The van der Waals surface area contributed by atoms with Gasteiger partial charge in [-0.15, -0.1) is 0 Å². The van der Waals surface area contributed by atoms with Crippen LogP contribution < -0.4 is 10.9 Å². The first-order valence-corrected chi connectivity index (χ1v) is 10.1. The van der Waals surface area contributed by atoms with E-state index in [2.05, 4.69) is 10.3 Å². The number of carbonyl (C=O) groups excluding carboxylic acids is 1. The van der Waals surface area contributed by atoms with E-state index in [0.717, 1.165) is 18.4 Å². The third-order valence-electron chi connectivity index (χ3n) is 4.39. The second-order valence-corrected chi connectivity index (χ2v) is 7.87. The average molecular weight is 400 g/mol. The Morgan fingerprint density at radius 2 is 1.93 bits per heavy atom. The molecule has 1 fully saturated rings. The van der Waals surface area contributed by atoms with E-state index in [4.69, 9.17) is 11.6 Å². The first-order chi connectivity index (χ1) is 13.1. The van der Waals surface area contributed by atoms with E-state index in [1.807, 2.05) is 36.4 Å². The van der Waals surface area contributed by atoms with Crippen LogP contribution in [-0.4, -0.2) is 27.3 Å². The van der Waals surface area contributed by atoms with Gasteiger partial charge in [0.1, 0.15) is 0 Å². The molecule has 0 saturated heterocycles. The maximum absolute atomic E-state index is 13.1. The average Bonchev–Trinajstić information content (AvgIpc) is 3.48. The lowest BCUT2D eigenvalue weighted by molar-refractivity contribution is -0.118. The van der Waals surface area contributed by atoms with Gasteiger partial charge in [0.15, 0.2) is 5.16 Å². The van der Waals surface area contributed by atoms with Crippen LogP contribution in [0.5, 0.6) is 0 Å². The highest BCUT2D eigenvalue weighted by atomic mass is 35.5. The SMILES string of the molecule is O=C(CSc1nc2ccccc2c(=O)n1Cc1ccccc1Cl)NC1CC1. The van der Waals surface area contributed by atoms with Crippen molar-refractivity contribution >= 4 is 40.2 Å². The van der Waals surface area contributed by atoms with Crippen molar-refractivity contribution in [3.05, 3.63) is 69.5 Å². The Morgan fingerprint density at radius 3 is 2.70 bits per heavy atom. The van der Waals surface area contributed by atoms with E-state index in [0.29, 0.717) is 33.7 Å². The maximum Gasteiger partial charge on any atom is 0.262 e. The fourth-order valence-electron chi connectivity index (χ4n) is 2.82. The Bertz CT molecular complexity index is 1060. The minimum Gasteiger partial charge on any atom is -0.353 e. The predicted octanol–water partition coefficient (Wildman–Crippen LogP) is 3.47. The van der Waals surface area contributed by atoms with Gasteiger partial charge in [-0.05, 0) is 36.6 Å². The third-order valence-corrected chi connectivity index (χ3v) is 5.73. The summed E-state index contributed by atoms with van der Waals surface area (Å²) in [6, 6.07) is 15.0. The molecule has 2 aromatic carbocycles. The third kappa shape index (κ3) is 4.17. The molecule has 0 radical (unpaired) electrons. The highest BCUT2D eigenvalue weighted by Crippen LogP contribution is 2.23. The largest absolute Gasteiger partial charge is 0.353 e. The van der Waals surface area contributed by atoms with E-state index in [1.165, 1.54) is 11.8 Å². The van der Waals surface area contributed by atoms with Gasteiger partial charge in [-0.2, -0.15) is 0 Å². The van der Waals surface area contributed by atoms with Crippen LogP contribution >= 0.6 is 23.4 Å². The number of nitrogens with zero attached hydrogens (tertiary/aromatic N) is 2. The van der Waals surface area contributed by atoms with E-state index in [-0.39, 0.29) is 17.2 Å². The second-order valence-electron chi connectivity index (χ2n) is 6.52. The van der Waals surface area contributed by atoms with Crippen LogP contribution in [0.25, 0.3) is 10.9 Å². The van der Waals surface area contributed by atoms with Gasteiger partial charge in [-0.1, -0.05) is 53.7 Å². The second kappa shape index (κ2) is 7.74. The van der Waals surface area contributed by atoms with E-state index >= 15 is 0 Å². The first-order valence-electron chi connectivity index (χ1n) is 8.77. The van der Waals surface area contributed by atoms with Crippen molar-refractivity contribution in [1.29, 1.82) is 0 Å². The molecule has 0 bridgehead atoms. The lowest BCUT2D eigenvalue weighted by Crippen LogP contribution is -2.28. The zero-order valence-electron chi connectivity index (χ0n) is 14.5. The topological polar surface area (TPSA) is 64.0 Å². The molecule has 0 atom stereocenters. The molecule has 138 valence electrons. The molecule has 27 heavy (non-hydrogen) atoms.